The van der Waals surface area contributed by atoms with Gasteiger partial charge < -0.3 is 20.1 Å². The van der Waals surface area contributed by atoms with E-state index < -0.39 is 36.0 Å². The molecule has 0 unspecified atom stereocenters. The molecule has 1 saturated heterocycles. The number of alkyl carbamates (subject to hydrolysis) is 1. The highest BCUT2D eigenvalue weighted by Crippen LogP contribution is 2.36. The van der Waals surface area contributed by atoms with E-state index in [0.717, 1.165) is 10.6 Å². The third-order valence-corrected chi connectivity index (χ3v) is 3.31. The predicted octanol–water partition coefficient (Wildman–Crippen LogP) is -1.02. The van der Waals surface area contributed by atoms with Gasteiger partial charge in [0, 0.05) is 31.8 Å². The zero-order valence-electron chi connectivity index (χ0n) is 12.6. The molecule has 10 nitrogen and oxygen atoms in total. The fraction of sp³-hybridized carbons (Fsp3) is 0.538. The van der Waals surface area contributed by atoms with Crippen LogP contribution in [-0.2, 0) is 14.3 Å². The van der Waals surface area contributed by atoms with E-state index in [-0.39, 0.29) is 25.9 Å². The Labute approximate surface area is 134 Å². The van der Waals surface area contributed by atoms with Crippen LogP contribution in [0, 0.1) is 0 Å². The van der Waals surface area contributed by atoms with Crippen LogP contribution >= 0.6 is 0 Å². The maximum absolute atomic E-state index is 14.5. The Hall–Kier alpha value is -2.69. The number of hydrogen-bond donors (Lipinski definition) is 3. The Morgan fingerprint density at radius 1 is 1.54 bits per heavy atom. The molecule has 0 radical (unpaired) electrons. The highest BCUT2D eigenvalue weighted by atomic mass is 19.2. The number of nitrogens with zero attached hydrogens (tertiary/aromatic N) is 1. The normalized spacial score (nSPS) is 22.8. The van der Waals surface area contributed by atoms with Gasteiger partial charge in [-0.05, 0) is 6.42 Å². The van der Waals surface area contributed by atoms with Gasteiger partial charge in [0.2, 0.25) is 12.3 Å². The summed E-state index contributed by atoms with van der Waals surface area (Å²) in [6.45, 7) is -0.297. The summed E-state index contributed by atoms with van der Waals surface area (Å²) < 4.78 is 25.4. The number of carbonyl (C=O) groups is 2. The highest BCUT2D eigenvalue weighted by molar-refractivity contribution is 5.67. The first-order chi connectivity index (χ1) is 11.4. The number of aromatic nitrogens is 2. The third-order valence-electron chi connectivity index (χ3n) is 3.31. The minimum atomic E-state index is -2.22. The van der Waals surface area contributed by atoms with E-state index in [1.54, 1.807) is 0 Å². The topological polar surface area (TPSA) is 132 Å². The maximum Gasteiger partial charge on any atom is 0.407 e. The van der Waals surface area contributed by atoms with Crippen molar-refractivity contribution in [1.82, 2.24) is 20.2 Å². The second kappa shape index (κ2) is 7.73. The zero-order valence-corrected chi connectivity index (χ0v) is 12.6. The van der Waals surface area contributed by atoms with E-state index in [4.69, 9.17) is 9.47 Å². The molecule has 1 aromatic heterocycles. The molecule has 0 saturated carbocycles. The predicted molar refractivity (Wildman–Crippen MR) is 77.9 cm³/mol. The average molecular weight is 344 g/mol. The molecule has 11 heteroatoms. The smallest absolute Gasteiger partial charge is 0.407 e. The van der Waals surface area contributed by atoms with Gasteiger partial charge in [-0.2, -0.15) is 0 Å². The number of hydrogen-bond acceptors (Lipinski definition) is 6. The van der Waals surface area contributed by atoms with E-state index in [0.29, 0.717) is 6.41 Å². The minimum absolute atomic E-state index is 0.0801. The van der Waals surface area contributed by atoms with Gasteiger partial charge in [0.25, 0.3) is 5.56 Å². The second-order valence-electron chi connectivity index (χ2n) is 5.09. The summed E-state index contributed by atoms with van der Waals surface area (Å²) in [7, 11) is 0. The molecular weight excluding hydrogens is 327 g/mol. The lowest BCUT2D eigenvalue weighted by Crippen LogP contribution is -2.37. The quantitative estimate of drug-likeness (QED) is 0.429. The average Bonchev–Trinajstić information content (AvgIpc) is 2.92. The fourth-order valence-electron chi connectivity index (χ4n) is 2.18. The Bertz CT molecular complexity index is 704. The van der Waals surface area contributed by atoms with Crippen LogP contribution in [0.25, 0.3) is 0 Å². The third kappa shape index (κ3) is 4.65. The van der Waals surface area contributed by atoms with Crippen molar-refractivity contribution in [2.24, 2.45) is 0 Å². The summed E-state index contributed by atoms with van der Waals surface area (Å²) in [6.07, 6.45) is 0.0377. The summed E-state index contributed by atoms with van der Waals surface area (Å²) in [4.78, 5) is 46.1. The van der Waals surface area contributed by atoms with Crippen LogP contribution in [0.15, 0.2) is 21.9 Å². The SMILES string of the molecule is O=CNCCNC(=O)OC[C@]1(F)CC[C@H](n2ccc(=O)[nH]c2=O)O1. The molecule has 0 bridgehead atoms. The van der Waals surface area contributed by atoms with Gasteiger partial charge in [0.05, 0.1) is 0 Å². The molecule has 1 aliphatic heterocycles. The summed E-state index contributed by atoms with van der Waals surface area (Å²) in [5, 5.41) is 4.65. The van der Waals surface area contributed by atoms with Crippen molar-refractivity contribution in [2.75, 3.05) is 19.7 Å². The minimum Gasteiger partial charge on any atom is -0.443 e. The first-order valence-corrected chi connectivity index (χ1v) is 7.19. The molecule has 2 amide bonds. The van der Waals surface area contributed by atoms with Crippen LogP contribution in [0.2, 0.25) is 0 Å². The van der Waals surface area contributed by atoms with Crippen LogP contribution in [0.4, 0.5) is 9.18 Å². The van der Waals surface area contributed by atoms with E-state index in [1.165, 1.54) is 6.20 Å². The van der Waals surface area contributed by atoms with Crippen molar-refractivity contribution >= 4 is 12.5 Å². The highest BCUT2D eigenvalue weighted by Gasteiger charge is 2.43. The second-order valence-corrected chi connectivity index (χ2v) is 5.09. The zero-order chi connectivity index (χ0) is 17.6. The first-order valence-electron chi connectivity index (χ1n) is 7.19. The number of nitrogens with one attached hydrogen (secondary N) is 3. The van der Waals surface area contributed by atoms with Crippen LogP contribution in [0.5, 0.6) is 0 Å². The Balaban J connectivity index is 1.84. The molecule has 1 aromatic rings. The van der Waals surface area contributed by atoms with Gasteiger partial charge >= 0.3 is 11.8 Å². The Kier molecular flexibility index (Phi) is 5.68. The fourth-order valence-corrected chi connectivity index (χ4v) is 2.18. The van der Waals surface area contributed by atoms with Crippen molar-refractivity contribution in [3.63, 3.8) is 0 Å². The summed E-state index contributed by atoms with van der Waals surface area (Å²) in [5.74, 6) is -2.22. The number of carbonyl (C=O) groups excluding carboxylic acids is 2. The Morgan fingerprint density at radius 2 is 2.33 bits per heavy atom. The standard InChI is InChI=1S/C13H17FN4O6/c14-13(7-23-12(22)16-5-4-15-8-19)3-1-10(24-13)18-6-2-9(20)17-11(18)21/h2,6,8,10H,1,3-5,7H2,(H,15,19)(H,16,22)(H,17,20,21)/t10-,13+/m1/s1. The van der Waals surface area contributed by atoms with Crippen molar-refractivity contribution in [2.45, 2.75) is 24.9 Å². The van der Waals surface area contributed by atoms with Crippen molar-refractivity contribution in [3.8, 4) is 0 Å². The number of rotatable bonds is 7. The van der Waals surface area contributed by atoms with Crippen molar-refractivity contribution < 1.29 is 23.5 Å². The largest absolute Gasteiger partial charge is 0.443 e. The van der Waals surface area contributed by atoms with Crippen LogP contribution < -0.4 is 21.9 Å². The van der Waals surface area contributed by atoms with Crippen LogP contribution in [0.3, 0.4) is 0 Å². The van der Waals surface area contributed by atoms with Crippen LogP contribution in [0.1, 0.15) is 19.1 Å². The molecule has 0 aliphatic carbocycles. The first kappa shape index (κ1) is 17.7. The molecule has 1 aliphatic rings. The lowest BCUT2D eigenvalue weighted by Gasteiger charge is -2.21. The molecule has 2 atom stereocenters. The number of amides is 2. The molecule has 3 N–H and O–H groups in total. The molecule has 0 spiro atoms. The lowest BCUT2D eigenvalue weighted by atomic mass is 10.2. The molecule has 24 heavy (non-hydrogen) atoms. The van der Waals surface area contributed by atoms with Crippen molar-refractivity contribution in [3.05, 3.63) is 33.1 Å². The number of H-pyrrole nitrogens is 1. The van der Waals surface area contributed by atoms with Gasteiger partial charge in [-0.3, -0.25) is 19.1 Å². The van der Waals surface area contributed by atoms with Gasteiger partial charge in [0.1, 0.15) is 6.23 Å². The summed E-state index contributed by atoms with van der Waals surface area (Å²) in [6, 6.07) is 1.13. The Morgan fingerprint density at radius 3 is 3.04 bits per heavy atom. The molecule has 2 rings (SSSR count). The number of halogens is 1. The number of alkyl halides is 1. The summed E-state index contributed by atoms with van der Waals surface area (Å²) >= 11 is 0. The molecule has 2 heterocycles. The van der Waals surface area contributed by atoms with Gasteiger partial charge in [-0.15, -0.1) is 0 Å². The molecule has 1 fully saturated rings. The van der Waals surface area contributed by atoms with Gasteiger partial charge in [-0.1, -0.05) is 0 Å². The lowest BCUT2D eigenvalue weighted by molar-refractivity contribution is -0.177. The van der Waals surface area contributed by atoms with E-state index in [2.05, 4.69) is 15.6 Å². The summed E-state index contributed by atoms with van der Waals surface area (Å²) in [5.41, 5.74) is -1.28. The molecular formula is C13H17FN4O6. The monoisotopic (exact) mass is 344 g/mol. The molecule has 0 aromatic carbocycles. The van der Waals surface area contributed by atoms with Gasteiger partial charge in [-0.25, -0.2) is 14.0 Å². The van der Waals surface area contributed by atoms with Gasteiger partial charge in [0.15, 0.2) is 6.61 Å². The molecule has 132 valence electrons. The van der Waals surface area contributed by atoms with E-state index in [9.17, 15) is 23.6 Å². The van der Waals surface area contributed by atoms with E-state index in [1.807, 2.05) is 0 Å². The number of aromatic amines is 1. The number of ether oxygens (including phenoxy) is 2. The maximum atomic E-state index is 14.5. The van der Waals surface area contributed by atoms with Crippen LogP contribution in [-0.4, -0.2) is 47.6 Å². The van der Waals surface area contributed by atoms with E-state index >= 15 is 0 Å². The van der Waals surface area contributed by atoms with Crippen molar-refractivity contribution in [1.29, 1.82) is 0 Å².